The van der Waals surface area contributed by atoms with E-state index in [0.29, 0.717) is 12.1 Å². The summed E-state index contributed by atoms with van der Waals surface area (Å²) in [6.07, 6.45) is -7.19. The van der Waals surface area contributed by atoms with Gasteiger partial charge in [-0.05, 0) is 11.6 Å². The van der Waals surface area contributed by atoms with Crippen molar-refractivity contribution in [3.05, 3.63) is 35.4 Å². The second kappa shape index (κ2) is 4.58. The summed E-state index contributed by atoms with van der Waals surface area (Å²) < 4.78 is 62.1. The third kappa shape index (κ3) is 2.73. The van der Waals surface area contributed by atoms with Crippen molar-refractivity contribution < 1.29 is 32.2 Å². The summed E-state index contributed by atoms with van der Waals surface area (Å²) in [7, 11) is 0. The fourth-order valence-electron chi connectivity index (χ4n) is 1.21. The first kappa shape index (κ1) is 13.9. The Morgan fingerprint density at radius 2 is 1.71 bits per heavy atom. The number of benzene rings is 1. The van der Waals surface area contributed by atoms with E-state index < -0.39 is 30.4 Å². The lowest BCUT2D eigenvalue weighted by Crippen LogP contribution is -2.33. The Labute approximate surface area is 93.3 Å². The van der Waals surface area contributed by atoms with Gasteiger partial charge in [0.15, 0.2) is 0 Å². The van der Waals surface area contributed by atoms with Gasteiger partial charge in [-0.1, -0.05) is 18.2 Å². The minimum Gasteiger partial charge on any atom is -0.393 e. The van der Waals surface area contributed by atoms with Gasteiger partial charge in [0, 0.05) is 5.56 Å². The molecule has 0 saturated heterocycles. The van der Waals surface area contributed by atoms with Crippen LogP contribution >= 0.6 is 0 Å². The summed E-state index contributed by atoms with van der Waals surface area (Å²) in [5.74, 6) is -4.99. The zero-order valence-electron chi connectivity index (χ0n) is 8.38. The number of hydrogen-bond donors (Lipinski definition) is 2. The average Bonchev–Trinajstić information content (AvgIpc) is 2.26. The fraction of sp³-hybridized carbons (Fsp3) is 0.400. The molecule has 0 aliphatic rings. The SMILES string of the molecule is OCC(O)c1cccc(C(F)(F)C(F)(F)F)c1. The summed E-state index contributed by atoms with van der Waals surface area (Å²) in [6.45, 7) is -0.763. The van der Waals surface area contributed by atoms with Crippen LogP contribution in [0.15, 0.2) is 24.3 Å². The number of aliphatic hydroxyl groups is 2. The zero-order chi connectivity index (χ0) is 13.3. The molecule has 0 saturated carbocycles. The molecule has 1 unspecified atom stereocenters. The molecular weight excluding hydrogens is 247 g/mol. The molecule has 0 fully saturated rings. The lowest BCUT2D eigenvalue weighted by Gasteiger charge is -2.20. The molecule has 0 aromatic heterocycles. The van der Waals surface area contributed by atoms with Crippen LogP contribution in [0.25, 0.3) is 0 Å². The van der Waals surface area contributed by atoms with Crippen LogP contribution in [-0.2, 0) is 5.92 Å². The highest BCUT2D eigenvalue weighted by atomic mass is 19.4. The van der Waals surface area contributed by atoms with E-state index in [1.54, 1.807) is 0 Å². The Balaban J connectivity index is 3.16. The van der Waals surface area contributed by atoms with Crippen LogP contribution in [-0.4, -0.2) is 23.0 Å². The third-order valence-electron chi connectivity index (χ3n) is 2.16. The molecule has 17 heavy (non-hydrogen) atoms. The van der Waals surface area contributed by atoms with E-state index in [0.717, 1.165) is 12.1 Å². The standard InChI is InChI=1S/C10H9F5O2/c11-9(12,10(13,14)15)7-3-1-2-6(4-7)8(17)5-16/h1-4,8,16-17H,5H2. The molecule has 0 aliphatic heterocycles. The molecule has 0 aliphatic carbocycles. The molecule has 0 radical (unpaired) electrons. The van der Waals surface area contributed by atoms with Crippen LogP contribution in [0.1, 0.15) is 17.2 Å². The van der Waals surface area contributed by atoms with Crippen molar-refractivity contribution in [1.29, 1.82) is 0 Å². The van der Waals surface area contributed by atoms with Gasteiger partial charge < -0.3 is 10.2 Å². The highest BCUT2D eigenvalue weighted by Crippen LogP contribution is 2.44. The zero-order valence-corrected chi connectivity index (χ0v) is 8.38. The van der Waals surface area contributed by atoms with Crippen molar-refractivity contribution in [2.45, 2.75) is 18.2 Å². The Hall–Kier alpha value is -1.21. The quantitative estimate of drug-likeness (QED) is 0.815. The second-order valence-corrected chi connectivity index (χ2v) is 3.40. The van der Waals surface area contributed by atoms with Crippen LogP contribution in [0.5, 0.6) is 0 Å². The van der Waals surface area contributed by atoms with Gasteiger partial charge in [-0.25, -0.2) is 0 Å². The first-order valence-electron chi connectivity index (χ1n) is 4.54. The highest BCUT2D eigenvalue weighted by molar-refractivity contribution is 5.29. The van der Waals surface area contributed by atoms with Crippen LogP contribution < -0.4 is 0 Å². The molecule has 7 heteroatoms. The first-order chi connectivity index (χ1) is 7.70. The summed E-state index contributed by atoms with van der Waals surface area (Å²) in [4.78, 5) is 0. The number of alkyl halides is 5. The summed E-state index contributed by atoms with van der Waals surface area (Å²) in [5, 5.41) is 17.7. The van der Waals surface area contributed by atoms with Gasteiger partial charge in [0.1, 0.15) is 6.10 Å². The third-order valence-corrected chi connectivity index (χ3v) is 2.16. The van der Waals surface area contributed by atoms with Crippen LogP contribution in [0.2, 0.25) is 0 Å². The van der Waals surface area contributed by atoms with Crippen LogP contribution in [0.4, 0.5) is 22.0 Å². The molecule has 0 bridgehead atoms. The van der Waals surface area contributed by atoms with Crippen molar-refractivity contribution >= 4 is 0 Å². The first-order valence-corrected chi connectivity index (χ1v) is 4.54. The number of aliphatic hydroxyl groups excluding tert-OH is 2. The van der Waals surface area contributed by atoms with Crippen molar-refractivity contribution in [3.63, 3.8) is 0 Å². The predicted molar refractivity (Wildman–Crippen MR) is 48.4 cm³/mol. The molecule has 1 rings (SSSR count). The maximum Gasteiger partial charge on any atom is 0.458 e. The van der Waals surface area contributed by atoms with Crippen LogP contribution in [0.3, 0.4) is 0 Å². The molecule has 1 aromatic carbocycles. The largest absolute Gasteiger partial charge is 0.458 e. The van der Waals surface area contributed by atoms with E-state index in [1.165, 1.54) is 0 Å². The van der Waals surface area contributed by atoms with Gasteiger partial charge in [0.05, 0.1) is 6.61 Å². The van der Waals surface area contributed by atoms with E-state index in [9.17, 15) is 22.0 Å². The van der Waals surface area contributed by atoms with Gasteiger partial charge in [-0.3, -0.25) is 0 Å². The maximum atomic E-state index is 12.9. The maximum absolute atomic E-state index is 12.9. The molecule has 0 spiro atoms. The molecule has 2 nitrogen and oxygen atoms in total. The van der Waals surface area contributed by atoms with Gasteiger partial charge >= 0.3 is 12.1 Å². The van der Waals surface area contributed by atoms with Gasteiger partial charge in [-0.2, -0.15) is 22.0 Å². The van der Waals surface area contributed by atoms with Crippen molar-refractivity contribution in [3.8, 4) is 0 Å². The van der Waals surface area contributed by atoms with Crippen molar-refractivity contribution in [2.75, 3.05) is 6.61 Å². The topological polar surface area (TPSA) is 40.5 Å². The summed E-state index contributed by atoms with van der Waals surface area (Å²) >= 11 is 0. The lowest BCUT2D eigenvalue weighted by atomic mass is 10.0. The molecular formula is C10H9F5O2. The van der Waals surface area contributed by atoms with E-state index in [4.69, 9.17) is 10.2 Å². The Bertz CT molecular complexity index is 389. The number of hydrogen-bond acceptors (Lipinski definition) is 2. The molecule has 1 atom stereocenters. The number of halogens is 5. The molecule has 1 aromatic rings. The normalized spacial score (nSPS) is 14.8. The van der Waals surface area contributed by atoms with Gasteiger partial charge in [0.25, 0.3) is 0 Å². The minimum absolute atomic E-state index is 0.200. The average molecular weight is 256 g/mol. The van der Waals surface area contributed by atoms with Gasteiger partial charge in [0.2, 0.25) is 0 Å². The monoisotopic (exact) mass is 256 g/mol. The summed E-state index contributed by atoms with van der Waals surface area (Å²) in [6, 6.07) is 3.25. The molecule has 2 N–H and O–H groups in total. The molecule has 0 amide bonds. The highest BCUT2D eigenvalue weighted by Gasteiger charge is 2.58. The Morgan fingerprint density at radius 3 is 2.18 bits per heavy atom. The van der Waals surface area contributed by atoms with E-state index >= 15 is 0 Å². The summed E-state index contributed by atoms with van der Waals surface area (Å²) in [5.41, 5.74) is -1.47. The van der Waals surface area contributed by atoms with E-state index in [2.05, 4.69) is 0 Å². The lowest BCUT2D eigenvalue weighted by molar-refractivity contribution is -0.289. The minimum atomic E-state index is -5.70. The predicted octanol–water partition coefficient (Wildman–Crippen LogP) is 2.37. The Kier molecular flexibility index (Phi) is 3.73. The number of rotatable bonds is 3. The van der Waals surface area contributed by atoms with E-state index in [-0.39, 0.29) is 5.56 Å². The smallest absolute Gasteiger partial charge is 0.393 e. The Morgan fingerprint density at radius 1 is 1.12 bits per heavy atom. The van der Waals surface area contributed by atoms with Gasteiger partial charge in [-0.15, -0.1) is 0 Å². The molecule has 96 valence electrons. The van der Waals surface area contributed by atoms with E-state index in [1.807, 2.05) is 0 Å². The molecule has 0 heterocycles. The second-order valence-electron chi connectivity index (χ2n) is 3.40. The fourth-order valence-corrected chi connectivity index (χ4v) is 1.21. The van der Waals surface area contributed by atoms with Crippen LogP contribution in [0, 0.1) is 0 Å². The van der Waals surface area contributed by atoms with Crippen molar-refractivity contribution in [2.24, 2.45) is 0 Å². The van der Waals surface area contributed by atoms with Crippen molar-refractivity contribution in [1.82, 2.24) is 0 Å².